The summed E-state index contributed by atoms with van der Waals surface area (Å²) in [6.45, 7) is 3.94. The predicted octanol–water partition coefficient (Wildman–Crippen LogP) is 1.04. The Hall–Kier alpha value is -1.50. The highest BCUT2D eigenvalue weighted by Crippen LogP contribution is 2.40. The Labute approximate surface area is 132 Å². The van der Waals surface area contributed by atoms with Gasteiger partial charge in [0, 0.05) is 50.5 Å². The molecule has 0 amide bonds. The fourth-order valence-corrected chi connectivity index (χ4v) is 2.96. The van der Waals surface area contributed by atoms with Crippen molar-refractivity contribution in [1.82, 2.24) is 10.2 Å². The molecule has 0 saturated carbocycles. The van der Waals surface area contributed by atoms with Crippen LogP contribution in [0.25, 0.3) is 0 Å². The van der Waals surface area contributed by atoms with Crippen molar-refractivity contribution >= 4 is 0 Å². The minimum atomic E-state index is 0.0989. The van der Waals surface area contributed by atoms with Crippen LogP contribution in [0.3, 0.4) is 0 Å². The van der Waals surface area contributed by atoms with Crippen molar-refractivity contribution in [3.8, 4) is 17.2 Å². The molecule has 0 spiro atoms. The van der Waals surface area contributed by atoms with Crippen LogP contribution < -0.4 is 19.5 Å². The van der Waals surface area contributed by atoms with E-state index in [9.17, 15) is 5.11 Å². The van der Waals surface area contributed by atoms with Crippen LogP contribution >= 0.6 is 0 Å². The van der Waals surface area contributed by atoms with E-state index < -0.39 is 0 Å². The summed E-state index contributed by atoms with van der Waals surface area (Å²) in [7, 11) is 4.89. The molecule has 1 aromatic carbocycles. The first-order valence-electron chi connectivity index (χ1n) is 7.60. The van der Waals surface area contributed by atoms with Crippen molar-refractivity contribution in [1.29, 1.82) is 0 Å². The number of ether oxygens (including phenoxy) is 3. The van der Waals surface area contributed by atoms with Gasteiger partial charge in [0.1, 0.15) is 5.75 Å². The van der Waals surface area contributed by atoms with Crippen LogP contribution in [0.1, 0.15) is 18.0 Å². The molecule has 0 unspecified atom stereocenters. The maximum absolute atomic E-state index is 9.48. The fraction of sp³-hybridized carbons (Fsp3) is 0.625. The molecule has 2 N–H and O–H groups in total. The Balaban J connectivity index is 2.40. The second kappa shape index (κ2) is 8.22. The standard InChI is InChI=1S/C16H26N2O4/c1-20-14-11-16(22-3)15(21-2)10-12(14)13(4-9-19)18-7-5-17-6-8-18/h10-11,13,17,19H,4-9H2,1-3H3/t13-/m0/s1. The molecule has 124 valence electrons. The summed E-state index contributed by atoms with van der Waals surface area (Å²) in [5.74, 6) is 2.08. The van der Waals surface area contributed by atoms with Gasteiger partial charge in [-0.05, 0) is 12.5 Å². The lowest BCUT2D eigenvalue weighted by molar-refractivity contribution is 0.138. The first kappa shape index (κ1) is 16.9. The number of aliphatic hydroxyl groups excluding tert-OH is 1. The number of rotatable bonds is 7. The Kier molecular flexibility index (Phi) is 6.30. The maximum Gasteiger partial charge on any atom is 0.164 e. The van der Waals surface area contributed by atoms with Gasteiger partial charge in [0.2, 0.25) is 0 Å². The topological polar surface area (TPSA) is 63.2 Å². The van der Waals surface area contributed by atoms with Crippen molar-refractivity contribution < 1.29 is 19.3 Å². The molecule has 2 rings (SSSR count). The molecule has 0 aromatic heterocycles. The van der Waals surface area contributed by atoms with Gasteiger partial charge < -0.3 is 24.6 Å². The monoisotopic (exact) mass is 310 g/mol. The number of hydrogen-bond acceptors (Lipinski definition) is 6. The number of aliphatic hydroxyl groups is 1. The molecule has 6 nitrogen and oxygen atoms in total. The predicted molar refractivity (Wildman–Crippen MR) is 85.0 cm³/mol. The van der Waals surface area contributed by atoms with E-state index in [2.05, 4.69) is 10.2 Å². The number of nitrogens with zero attached hydrogens (tertiary/aromatic N) is 1. The van der Waals surface area contributed by atoms with Crippen LogP contribution in [0.15, 0.2) is 12.1 Å². The summed E-state index contributed by atoms with van der Waals surface area (Å²) in [5.41, 5.74) is 1.02. The van der Waals surface area contributed by atoms with Gasteiger partial charge in [-0.3, -0.25) is 4.90 Å². The quantitative estimate of drug-likeness (QED) is 0.785. The number of piperazine rings is 1. The molecule has 22 heavy (non-hydrogen) atoms. The van der Waals surface area contributed by atoms with Crippen molar-refractivity contribution in [3.05, 3.63) is 17.7 Å². The fourth-order valence-electron chi connectivity index (χ4n) is 2.96. The summed E-state index contributed by atoms with van der Waals surface area (Å²) in [6.07, 6.45) is 0.659. The Morgan fingerprint density at radius 2 is 1.64 bits per heavy atom. The molecule has 1 heterocycles. The Morgan fingerprint density at radius 3 is 2.18 bits per heavy atom. The smallest absolute Gasteiger partial charge is 0.164 e. The van der Waals surface area contributed by atoms with E-state index in [1.165, 1.54) is 0 Å². The van der Waals surface area contributed by atoms with E-state index >= 15 is 0 Å². The van der Waals surface area contributed by atoms with Crippen molar-refractivity contribution in [2.24, 2.45) is 0 Å². The molecule has 1 saturated heterocycles. The number of benzene rings is 1. The zero-order valence-electron chi connectivity index (χ0n) is 13.6. The van der Waals surface area contributed by atoms with Gasteiger partial charge in [0.05, 0.1) is 21.3 Å². The highest BCUT2D eigenvalue weighted by atomic mass is 16.5. The normalized spacial score (nSPS) is 17.1. The lowest BCUT2D eigenvalue weighted by atomic mass is 9.99. The van der Waals surface area contributed by atoms with Crippen molar-refractivity contribution in [2.45, 2.75) is 12.5 Å². The van der Waals surface area contributed by atoms with Gasteiger partial charge in [0.25, 0.3) is 0 Å². The summed E-state index contributed by atoms with van der Waals surface area (Å²) >= 11 is 0. The average molecular weight is 310 g/mol. The second-order valence-electron chi connectivity index (χ2n) is 5.26. The van der Waals surface area contributed by atoms with Crippen LogP contribution in [0.2, 0.25) is 0 Å². The Bertz CT molecular complexity index is 475. The number of hydrogen-bond donors (Lipinski definition) is 2. The molecule has 1 aromatic rings. The van der Waals surface area contributed by atoms with E-state index in [0.29, 0.717) is 17.9 Å². The van der Waals surface area contributed by atoms with Crippen LogP contribution in [-0.4, -0.2) is 64.1 Å². The summed E-state index contributed by atoms with van der Waals surface area (Å²) in [4.78, 5) is 2.37. The first-order chi connectivity index (χ1) is 10.7. The zero-order chi connectivity index (χ0) is 15.9. The third-order valence-corrected chi connectivity index (χ3v) is 4.09. The molecule has 0 aliphatic carbocycles. The third-order valence-electron chi connectivity index (χ3n) is 4.09. The first-order valence-corrected chi connectivity index (χ1v) is 7.60. The average Bonchev–Trinajstić information content (AvgIpc) is 2.59. The molecule has 1 fully saturated rings. The van der Waals surface area contributed by atoms with E-state index in [4.69, 9.17) is 14.2 Å². The summed E-state index contributed by atoms with van der Waals surface area (Å²) < 4.78 is 16.3. The molecule has 1 atom stereocenters. The molecule has 0 bridgehead atoms. The number of methoxy groups -OCH3 is 3. The second-order valence-corrected chi connectivity index (χ2v) is 5.26. The minimum Gasteiger partial charge on any atom is -0.496 e. The molecule has 0 radical (unpaired) electrons. The minimum absolute atomic E-state index is 0.0989. The molecule has 6 heteroatoms. The van der Waals surface area contributed by atoms with Gasteiger partial charge in [-0.1, -0.05) is 0 Å². The number of nitrogens with one attached hydrogen (secondary N) is 1. The molecular weight excluding hydrogens is 284 g/mol. The van der Waals surface area contributed by atoms with Crippen LogP contribution in [0.4, 0.5) is 0 Å². The van der Waals surface area contributed by atoms with Gasteiger partial charge >= 0.3 is 0 Å². The van der Waals surface area contributed by atoms with E-state index in [0.717, 1.165) is 37.5 Å². The maximum atomic E-state index is 9.48. The van der Waals surface area contributed by atoms with Crippen LogP contribution in [0.5, 0.6) is 17.2 Å². The Morgan fingerprint density at radius 1 is 1.05 bits per heavy atom. The summed E-state index contributed by atoms with van der Waals surface area (Å²) in [6, 6.07) is 3.91. The van der Waals surface area contributed by atoms with Gasteiger partial charge in [-0.2, -0.15) is 0 Å². The molecule has 1 aliphatic rings. The third kappa shape index (κ3) is 3.63. The highest BCUT2D eigenvalue weighted by molar-refractivity contribution is 5.52. The van der Waals surface area contributed by atoms with E-state index in [-0.39, 0.29) is 12.6 Å². The molecule has 1 aliphatic heterocycles. The van der Waals surface area contributed by atoms with Crippen molar-refractivity contribution in [3.63, 3.8) is 0 Å². The lowest BCUT2D eigenvalue weighted by Crippen LogP contribution is -2.45. The van der Waals surface area contributed by atoms with Crippen LogP contribution in [0, 0.1) is 0 Å². The van der Waals surface area contributed by atoms with Crippen LogP contribution in [-0.2, 0) is 0 Å². The lowest BCUT2D eigenvalue weighted by Gasteiger charge is -2.35. The zero-order valence-corrected chi connectivity index (χ0v) is 13.6. The summed E-state index contributed by atoms with van der Waals surface area (Å²) in [5, 5.41) is 12.8. The van der Waals surface area contributed by atoms with Crippen molar-refractivity contribution in [2.75, 3.05) is 54.1 Å². The largest absolute Gasteiger partial charge is 0.496 e. The SMILES string of the molecule is COc1cc(OC)c([C@H](CCO)N2CCNCC2)cc1OC. The van der Waals surface area contributed by atoms with E-state index in [1.807, 2.05) is 12.1 Å². The van der Waals surface area contributed by atoms with Gasteiger partial charge in [-0.25, -0.2) is 0 Å². The van der Waals surface area contributed by atoms with Gasteiger partial charge in [0.15, 0.2) is 11.5 Å². The van der Waals surface area contributed by atoms with Gasteiger partial charge in [-0.15, -0.1) is 0 Å². The molecular formula is C16H26N2O4. The highest BCUT2D eigenvalue weighted by Gasteiger charge is 2.26. The van der Waals surface area contributed by atoms with E-state index in [1.54, 1.807) is 21.3 Å².